The molecular formula is C19H24N4O. The summed E-state index contributed by atoms with van der Waals surface area (Å²) < 4.78 is 0. The number of hydrogen-bond donors (Lipinski definition) is 2. The van der Waals surface area contributed by atoms with Crippen molar-refractivity contribution in [1.82, 2.24) is 10.3 Å². The minimum atomic E-state index is 0.0119. The van der Waals surface area contributed by atoms with E-state index in [1.807, 2.05) is 12.1 Å². The van der Waals surface area contributed by atoms with Crippen LogP contribution in [0.3, 0.4) is 0 Å². The molecule has 1 aliphatic rings. The van der Waals surface area contributed by atoms with Crippen LogP contribution in [0.15, 0.2) is 48.8 Å². The van der Waals surface area contributed by atoms with Crippen molar-refractivity contribution in [1.29, 1.82) is 0 Å². The van der Waals surface area contributed by atoms with Crippen LogP contribution >= 0.6 is 0 Å². The minimum absolute atomic E-state index is 0.0119. The van der Waals surface area contributed by atoms with Gasteiger partial charge in [0.1, 0.15) is 0 Å². The summed E-state index contributed by atoms with van der Waals surface area (Å²) in [7, 11) is 0. The van der Waals surface area contributed by atoms with Crippen LogP contribution < -0.4 is 15.5 Å². The second kappa shape index (κ2) is 8.34. The molecule has 5 heteroatoms. The molecule has 0 saturated carbocycles. The third-order valence-electron chi connectivity index (χ3n) is 4.25. The molecule has 2 aromatic rings. The molecule has 2 heterocycles. The third kappa shape index (κ3) is 4.47. The normalized spacial score (nSPS) is 13.2. The molecule has 0 atom stereocenters. The van der Waals surface area contributed by atoms with Crippen LogP contribution in [0.5, 0.6) is 0 Å². The highest BCUT2D eigenvalue weighted by Gasteiger charge is 2.15. The second-order valence-corrected chi connectivity index (χ2v) is 6.02. The number of anilines is 2. The number of para-hydroxylation sites is 1. The number of aryl methyl sites for hydroxylation is 1. The number of amides is 1. The van der Waals surface area contributed by atoms with Gasteiger partial charge >= 0.3 is 0 Å². The fraction of sp³-hybridized carbons (Fsp3) is 0.368. The Labute approximate surface area is 143 Å². The number of rotatable bonds is 7. The van der Waals surface area contributed by atoms with Crippen molar-refractivity contribution in [2.24, 2.45) is 0 Å². The lowest BCUT2D eigenvalue weighted by atomic mass is 10.0. The van der Waals surface area contributed by atoms with E-state index in [1.54, 1.807) is 12.4 Å². The van der Waals surface area contributed by atoms with Gasteiger partial charge < -0.3 is 15.5 Å². The van der Waals surface area contributed by atoms with Gasteiger partial charge in [-0.25, -0.2) is 0 Å². The average Bonchev–Trinajstić information content (AvgIpc) is 2.64. The van der Waals surface area contributed by atoms with Gasteiger partial charge in [0.05, 0.1) is 12.2 Å². The van der Waals surface area contributed by atoms with E-state index < -0.39 is 0 Å². The lowest BCUT2D eigenvalue weighted by molar-refractivity contribution is -0.119. The first-order chi connectivity index (χ1) is 11.8. The summed E-state index contributed by atoms with van der Waals surface area (Å²) in [4.78, 5) is 18.3. The molecule has 3 rings (SSSR count). The topological polar surface area (TPSA) is 57.3 Å². The summed E-state index contributed by atoms with van der Waals surface area (Å²) in [5, 5.41) is 6.03. The number of fused-ring (bicyclic) bond motifs is 1. The van der Waals surface area contributed by atoms with E-state index in [0.29, 0.717) is 6.54 Å². The molecule has 2 N–H and O–H groups in total. The van der Waals surface area contributed by atoms with E-state index in [1.165, 1.54) is 24.1 Å². The van der Waals surface area contributed by atoms with Gasteiger partial charge in [-0.3, -0.25) is 9.78 Å². The Morgan fingerprint density at radius 1 is 1.21 bits per heavy atom. The lowest BCUT2D eigenvalue weighted by Gasteiger charge is -2.31. The molecule has 0 unspecified atom stereocenters. The number of carbonyl (C=O) groups excluding carboxylic acids is 1. The summed E-state index contributed by atoms with van der Waals surface area (Å²) in [6, 6.07) is 12.4. The van der Waals surface area contributed by atoms with Crippen molar-refractivity contribution in [2.45, 2.75) is 19.3 Å². The molecule has 24 heavy (non-hydrogen) atoms. The van der Waals surface area contributed by atoms with E-state index in [0.717, 1.165) is 25.2 Å². The van der Waals surface area contributed by atoms with Crippen molar-refractivity contribution < 1.29 is 4.79 Å². The molecule has 0 fully saturated rings. The standard InChI is InChI=1S/C19H24N4O/c24-19(15-22-17-8-3-10-20-14-17)21-11-5-13-23-12-4-7-16-6-1-2-9-18(16)23/h1-3,6,8-10,14,22H,4-5,7,11-13,15H2,(H,21,24). The molecule has 0 bridgehead atoms. The van der Waals surface area contributed by atoms with E-state index in [2.05, 4.69) is 44.8 Å². The monoisotopic (exact) mass is 324 g/mol. The maximum atomic E-state index is 11.9. The third-order valence-corrected chi connectivity index (χ3v) is 4.25. The Kier molecular flexibility index (Phi) is 5.66. The molecule has 0 aliphatic carbocycles. The predicted octanol–water partition coefficient (Wildman–Crippen LogP) is 2.45. The van der Waals surface area contributed by atoms with Gasteiger partial charge in [-0.05, 0) is 43.0 Å². The van der Waals surface area contributed by atoms with Gasteiger partial charge in [0.2, 0.25) is 5.91 Å². The smallest absolute Gasteiger partial charge is 0.239 e. The molecule has 0 saturated heterocycles. The highest BCUT2D eigenvalue weighted by molar-refractivity contribution is 5.80. The van der Waals surface area contributed by atoms with Crippen molar-refractivity contribution >= 4 is 17.3 Å². The summed E-state index contributed by atoms with van der Waals surface area (Å²) >= 11 is 0. The van der Waals surface area contributed by atoms with Crippen molar-refractivity contribution in [3.05, 3.63) is 54.4 Å². The van der Waals surface area contributed by atoms with E-state index in [9.17, 15) is 4.79 Å². The molecule has 0 radical (unpaired) electrons. The Balaban J connectivity index is 1.36. The minimum Gasteiger partial charge on any atom is -0.375 e. The molecule has 1 aromatic heterocycles. The number of nitrogens with one attached hydrogen (secondary N) is 2. The maximum absolute atomic E-state index is 11.9. The number of benzene rings is 1. The van der Waals surface area contributed by atoms with Gasteiger partial charge in [-0.2, -0.15) is 0 Å². The zero-order valence-electron chi connectivity index (χ0n) is 13.9. The summed E-state index contributed by atoms with van der Waals surface area (Å²) in [5.41, 5.74) is 3.65. The first kappa shape index (κ1) is 16.3. The molecule has 0 spiro atoms. The van der Waals surface area contributed by atoms with Crippen LogP contribution in [0.1, 0.15) is 18.4 Å². The van der Waals surface area contributed by atoms with Crippen LogP contribution in [0.2, 0.25) is 0 Å². The van der Waals surface area contributed by atoms with Crippen molar-refractivity contribution in [3.8, 4) is 0 Å². The van der Waals surface area contributed by atoms with Crippen LogP contribution in [-0.4, -0.2) is 37.1 Å². The Hall–Kier alpha value is -2.56. The van der Waals surface area contributed by atoms with Gasteiger partial charge in [-0.15, -0.1) is 0 Å². The fourth-order valence-corrected chi connectivity index (χ4v) is 3.05. The Bertz CT molecular complexity index is 659. The molecule has 5 nitrogen and oxygen atoms in total. The number of pyridine rings is 1. The van der Waals surface area contributed by atoms with Crippen LogP contribution in [0.4, 0.5) is 11.4 Å². The highest BCUT2D eigenvalue weighted by Crippen LogP contribution is 2.26. The van der Waals surface area contributed by atoms with Gasteiger partial charge in [0.25, 0.3) is 0 Å². The summed E-state index contributed by atoms with van der Waals surface area (Å²) in [5.74, 6) is 0.0119. The maximum Gasteiger partial charge on any atom is 0.239 e. The number of carbonyl (C=O) groups is 1. The quantitative estimate of drug-likeness (QED) is 0.768. The first-order valence-electron chi connectivity index (χ1n) is 8.56. The van der Waals surface area contributed by atoms with Crippen LogP contribution in [-0.2, 0) is 11.2 Å². The van der Waals surface area contributed by atoms with E-state index in [4.69, 9.17) is 0 Å². The van der Waals surface area contributed by atoms with Crippen LogP contribution in [0.25, 0.3) is 0 Å². The zero-order valence-corrected chi connectivity index (χ0v) is 13.9. The van der Waals surface area contributed by atoms with Gasteiger partial charge in [0, 0.05) is 37.7 Å². The molecule has 1 aromatic carbocycles. The Morgan fingerprint density at radius 2 is 2.12 bits per heavy atom. The average molecular weight is 324 g/mol. The zero-order chi connectivity index (χ0) is 16.6. The molecular weight excluding hydrogens is 300 g/mol. The molecule has 1 aliphatic heterocycles. The van der Waals surface area contributed by atoms with Crippen molar-refractivity contribution in [2.75, 3.05) is 36.4 Å². The molecule has 126 valence electrons. The predicted molar refractivity (Wildman–Crippen MR) is 97.3 cm³/mol. The number of hydrogen-bond acceptors (Lipinski definition) is 4. The summed E-state index contributed by atoms with van der Waals surface area (Å²) in [6.45, 7) is 3.06. The number of nitrogens with zero attached hydrogens (tertiary/aromatic N) is 2. The summed E-state index contributed by atoms with van der Waals surface area (Å²) in [6.07, 6.45) is 6.75. The lowest BCUT2D eigenvalue weighted by Crippen LogP contribution is -2.34. The van der Waals surface area contributed by atoms with Gasteiger partial charge in [0.15, 0.2) is 0 Å². The van der Waals surface area contributed by atoms with Crippen LogP contribution in [0, 0.1) is 0 Å². The fourth-order valence-electron chi connectivity index (χ4n) is 3.05. The SMILES string of the molecule is O=C(CNc1cccnc1)NCCCN1CCCc2ccccc21. The highest BCUT2D eigenvalue weighted by atomic mass is 16.1. The van der Waals surface area contributed by atoms with Gasteiger partial charge in [-0.1, -0.05) is 18.2 Å². The molecule has 1 amide bonds. The van der Waals surface area contributed by atoms with E-state index >= 15 is 0 Å². The first-order valence-corrected chi connectivity index (χ1v) is 8.56. The number of aromatic nitrogens is 1. The Morgan fingerprint density at radius 3 is 3.00 bits per heavy atom. The van der Waals surface area contributed by atoms with Crippen molar-refractivity contribution in [3.63, 3.8) is 0 Å². The second-order valence-electron chi connectivity index (χ2n) is 6.02. The largest absolute Gasteiger partial charge is 0.375 e. The van der Waals surface area contributed by atoms with E-state index in [-0.39, 0.29) is 12.5 Å².